The van der Waals surface area contributed by atoms with Gasteiger partial charge in [0.2, 0.25) is 5.91 Å². The molecule has 6 nitrogen and oxygen atoms in total. The van der Waals surface area contributed by atoms with Gasteiger partial charge in [0.25, 0.3) is 0 Å². The molecule has 1 aromatic heterocycles. The van der Waals surface area contributed by atoms with Crippen LogP contribution in [0.15, 0.2) is 42.7 Å². The highest BCUT2D eigenvalue weighted by Crippen LogP contribution is 2.14. The number of rotatable bonds is 7. The zero-order valence-corrected chi connectivity index (χ0v) is 13.5. The van der Waals surface area contributed by atoms with E-state index in [4.69, 9.17) is 5.26 Å². The molecule has 1 amide bonds. The van der Waals surface area contributed by atoms with E-state index in [0.29, 0.717) is 19.5 Å². The van der Waals surface area contributed by atoms with Crippen LogP contribution < -0.4 is 4.90 Å². The standard InChI is InChI=1S/C17H21N5O/c1-20(12-15-11-19-21(2)13-15)14-17(23)22(10-6-9-18)16-7-4-3-5-8-16/h3-5,7-8,11,13H,6,10,12,14H2,1-2H3. The third kappa shape index (κ3) is 4.94. The van der Waals surface area contributed by atoms with Crippen molar-refractivity contribution in [3.8, 4) is 6.07 Å². The lowest BCUT2D eigenvalue weighted by atomic mass is 10.2. The van der Waals surface area contributed by atoms with Gasteiger partial charge in [-0.2, -0.15) is 10.4 Å². The Hall–Kier alpha value is -2.65. The Bertz CT molecular complexity index is 674. The van der Waals surface area contributed by atoms with Crippen molar-refractivity contribution in [1.29, 1.82) is 5.26 Å². The molecule has 0 radical (unpaired) electrons. The Morgan fingerprint density at radius 1 is 1.35 bits per heavy atom. The van der Waals surface area contributed by atoms with E-state index in [2.05, 4.69) is 11.2 Å². The maximum atomic E-state index is 12.6. The molecule has 0 unspecified atom stereocenters. The lowest BCUT2D eigenvalue weighted by Gasteiger charge is -2.24. The molecule has 1 aromatic carbocycles. The van der Waals surface area contributed by atoms with Crippen molar-refractivity contribution in [2.75, 3.05) is 25.0 Å². The Kier molecular flexibility index (Phi) is 5.89. The minimum atomic E-state index is -0.0159. The first-order chi connectivity index (χ1) is 11.1. The van der Waals surface area contributed by atoms with Gasteiger partial charge in [0.05, 0.1) is 25.2 Å². The molecule has 6 heteroatoms. The summed E-state index contributed by atoms with van der Waals surface area (Å²) in [6.45, 7) is 1.34. The smallest absolute Gasteiger partial charge is 0.241 e. The van der Waals surface area contributed by atoms with Crippen molar-refractivity contribution >= 4 is 11.6 Å². The first-order valence-corrected chi connectivity index (χ1v) is 7.48. The molecule has 120 valence electrons. The minimum Gasteiger partial charge on any atom is -0.310 e. The molecule has 0 saturated heterocycles. The number of carbonyl (C=O) groups excluding carboxylic acids is 1. The Morgan fingerprint density at radius 3 is 2.70 bits per heavy atom. The van der Waals surface area contributed by atoms with Crippen LogP contribution in [0, 0.1) is 11.3 Å². The number of carbonyl (C=O) groups is 1. The highest BCUT2D eigenvalue weighted by Gasteiger charge is 2.17. The van der Waals surface area contributed by atoms with Gasteiger partial charge in [0.15, 0.2) is 0 Å². The normalized spacial score (nSPS) is 10.5. The molecule has 0 aliphatic carbocycles. The fourth-order valence-corrected chi connectivity index (χ4v) is 2.40. The van der Waals surface area contributed by atoms with Gasteiger partial charge in [-0.05, 0) is 19.2 Å². The Morgan fingerprint density at radius 2 is 2.09 bits per heavy atom. The molecule has 0 N–H and O–H groups in total. The van der Waals surface area contributed by atoms with E-state index in [9.17, 15) is 4.79 Å². The maximum Gasteiger partial charge on any atom is 0.241 e. The van der Waals surface area contributed by atoms with Gasteiger partial charge >= 0.3 is 0 Å². The number of benzene rings is 1. The second-order valence-electron chi connectivity index (χ2n) is 5.48. The number of amides is 1. The zero-order valence-electron chi connectivity index (χ0n) is 13.5. The van der Waals surface area contributed by atoms with Crippen LogP contribution in [0.25, 0.3) is 0 Å². The number of anilines is 1. The molecule has 1 heterocycles. The summed E-state index contributed by atoms with van der Waals surface area (Å²) >= 11 is 0. The van der Waals surface area contributed by atoms with Crippen LogP contribution in [-0.4, -0.2) is 40.7 Å². The summed E-state index contributed by atoms with van der Waals surface area (Å²) in [6, 6.07) is 11.6. The van der Waals surface area contributed by atoms with Gasteiger partial charge in [-0.1, -0.05) is 18.2 Å². The topological polar surface area (TPSA) is 65.2 Å². The molecule has 0 fully saturated rings. The van der Waals surface area contributed by atoms with Crippen molar-refractivity contribution in [2.45, 2.75) is 13.0 Å². The van der Waals surface area contributed by atoms with E-state index in [1.165, 1.54) is 0 Å². The summed E-state index contributed by atoms with van der Waals surface area (Å²) in [5.74, 6) is -0.0159. The average molecular weight is 311 g/mol. The third-order valence-corrected chi connectivity index (χ3v) is 3.43. The largest absolute Gasteiger partial charge is 0.310 e. The zero-order chi connectivity index (χ0) is 16.7. The predicted molar refractivity (Wildman–Crippen MR) is 88.6 cm³/mol. The van der Waals surface area contributed by atoms with Crippen molar-refractivity contribution < 1.29 is 4.79 Å². The number of aromatic nitrogens is 2. The monoisotopic (exact) mass is 311 g/mol. The summed E-state index contributed by atoms with van der Waals surface area (Å²) in [4.78, 5) is 16.2. The van der Waals surface area contributed by atoms with Crippen LogP contribution in [0.3, 0.4) is 0 Å². The molecule has 0 aliphatic heterocycles. The average Bonchev–Trinajstić information content (AvgIpc) is 2.93. The molecule has 2 rings (SSSR count). The van der Waals surface area contributed by atoms with Crippen LogP contribution in [-0.2, 0) is 18.4 Å². The van der Waals surface area contributed by atoms with Gasteiger partial charge < -0.3 is 4.90 Å². The molecule has 0 spiro atoms. The van der Waals surface area contributed by atoms with Crippen LogP contribution in [0.4, 0.5) is 5.69 Å². The van der Waals surface area contributed by atoms with Crippen LogP contribution in [0.2, 0.25) is 0 Å². The quantitative estimate of drug-likeness (QED) is 0.782. The lowest BCUT2D eigenvalue weighted by Crippen LogP contribution is -2.39. The SMILES string of the molecule is CN(CC(=O)N(CCC#N)c1ccccc1)Cc1cnn(C)c1. The van der Waals surface area contributed by atoms with Crippen molar-refractivity contribution in [3.63, 3.8) is 0 Å². The van der Waals surface area contributed by atoms with Crippen LogP contribution in [0.1, 0.15) is 12.0 Å². The van der Waals surface area contributed by atoms with Gasteiger partial charge in [0, 0.05) is 37.6 Å². The number of aryl methyl sites for hydroxylation is 1. The van der Waals surface area contributed by atoms with E-state index >= 15 is 0 Å². The Balaban J connectivity index is 2.01. The molecule has 0 saturated carbocycles. The highest BCUT2D eigenvalue weighted by atomic mass is 16.2. The second kappa shape index (κ2) is 8.11. The van der Waals surface area contributed by atoms with Crippen LogP contribution >= 0.6 is 0 Å². The lowest BCUT2D eigenvalue weighted by molar-refractivity contribution is -0.119. The van der Waals surface area contributed by atoms with E-state index in [0.717, 1.165) is 11.3 Å². The fraction of sp³-hybridized carbons (Fsp3) is 0.353. The maximum absolute atomic E-state index is 12.6. The van der Waals surface area contributed by atoms with Gasteiger partial charge in [-0.3, -0.25) is 14.4 Å². The van der Waals surface area contributed by atoms with E-state index in [1.807, 2.05) is 55.5 Å². The number of likely N-dealkylation sites (N-methyl/N-ethyl adjacent to an activating group) is 1. The molecule has 0 aliphatic rings. The number of hydrogen-bond acceptors (Lipinski definition) is 4. The highest BCUT2D eigenvalue weighted by molar-refractivity contribution is 5.94. The predicted octanol–water partition coefficient (Wildman–Crippen LogP) is 1.80. The number of para-hydroxylation sites is 1. The first-order valence-electron chi connectivity index (χ1n) is 7.48. The number of nitriles is 1. The van der Waals surface area contributed by atoms with Crippen LogP contribution in [0.5, 0.6) is 0 Å². The van der Waals surface area contributed by atoms with E-state index in [1.54, 1.807) is 15.8 Å². The first kappa shape index (κ1) is 16.7. The Labute approximate surface area is 136 Å². The molecule has 0 atom stereocenters. The number of nitrogens with zero attached hydrogens (tertiary/aromatic N) is 5. The molecular weight excluding hydrogens is 290 g/mol. The molecule has 23 heavy (non-hydrogen) atoms. The summed E-state index contributed by atoms with van der Waals surface area (Å²) in [5, 5.41) is 12.9. The van der Waals surface area contributed by atoms with E-state index in [-0.39, 0.29) is 12.5 Å². The number of hydrogen-bond donors (Lipinski definition) is 0. The summed E-state index contributed by atoms with van der Waals surface area (Å²) in [5.41, 5.74) is 1.88. The summed E-state index contributed by atoms with van der Waals surface area (Å²) in [6.07, 6.45) is 4.05. The second-order valence-corrected chi connectivity index (χ2v) is 5.48. The van der Waals surface area contributed by atoms with Crippen molar-refractivity contribution in [2.24, 2.45) is 7.05 Å². The molecule has 0 bridgehead atoms. The summed E-state index contributed by atoms with van der Waals surface area (Å²) in [7, 11) is 3.77. The van der Waals surface area contributed by atoms with E-state index < -0.39 is 0 Å². The van der Waals surface area contributed by atoms with Gasteiger partial charge in [-0.15, -0.1) is 0 Å². The minimum absolute atomic E-state index is 0.0159. The fourth-order valence-electron chi connectivity index (χ4n) is 2.40. The van der Waals surface area contributed by atoms with Gasteiger partial charge in [-0.25, -0.2) is 0 Å². The summed E-state index contributed by atoms with van der Waals surface area (Å²) < 4.78 is 1.74. The van der Waals surface area contributed by atoms with Crippen molar-refractivity contribution in [1.82, 2.24) is 14.7 Å². The third-order valence-electron chi connectivity index (χ3n) is 3.43. The van der Waals surface area contributed by atoms with Crippen molar-refractivity contribution in [3.05, 3.63) is 48.3 Å². The molecular formula is C17H21N5O. The molecule has 2 aromatic rings. The van der Waals surface area contributed by atoms with Gasteiger partial charge in [0.1, 0.15) is 0 Å².